The van der Waals surface area contributed by atoms with Crippen LogP contribution >= 0.6 is 0 Å². The summed E-state index contributed by atoms with van der Waals surface area (Å²) in [5, 5.41) is 11.7. The summed E-state index contributed by atoms with van der Waals surface area (Å²) in [5.74, 6) is -0.676. The van der Waals surface area contributed by atoms with Crippen LogP contribution in [0.15, 0.2) is 42.5 Å². The van der Waals surface area contributed by atoms with Gasteiger partial charge in [0, 0.05) is 11.6 Å². The first-order valence-corrected chi connectivity index (χ1v) is 8.69. The SMILES string of the molecule is O=C(O)[C@@H]1C[C@@H]2CCCC[C@@H]2N1C(=O)c1ccc2ccccc2c1. The van der Waals surface area contributed by atoms with E-state index >= 15 is 0 Å². The minimum absolute atomic E-state index is 0.0822. The molecular weight excluding hydrogens is 302 g/mol. The van der Waals surface area contributed by atoms with E-state index in [9.17, 15) is 14.7 Å². The zero-order valence-electron chi connectivity index (χ0n) is 13.5. The number of fused-ring (bicyclic) bond motifs is 2. The van der Waals surface area contributed by atoms with Crippen molar-refractivity contribution in [3.05, 3.63) is 48.0 Å². The molecule has 2 fully saturated rings. The van der Waals surface area contributed by atoms with E-state index < -0.39 is 12.0 Å². The van der Waals surface area contributed by atoms with Gasteiger partial charge in [0.2, 0.25) is 0 Å². The molecule has 0 bridgehead atoms. The Bertz CT molecular complexity index is 800. The van der Waals surface area contributed by atoms with Crippen molar-refractivity contribution in [1.82, 2.24) is 4.90 Å². The second kappa shape index (κ2) is 5.93. The lowest BCUT2D eigenvalue weighted by molar-refractivity contribution is -0.141. The Kier molecular flexibility index (Phi) is 3.75. The highest BCUT2D eigenvalue weighted by atomic mass is 16.4. The van der Waals surface area contributed by atoms with Gasteiger partial charge >= 0.3 is 5.97 Å². The smallest absolute Gasteiger partial charge is 0.326 e. The largest absolute Gasteiger partial charge is 0.480 e. The van der Waals surface area contributed by atoms with Crippen molar-refractivity contribution in [3.63, 3.8) is 0 Å². The first-order valence-electron chi connectivity index (χ1n) is 8.69. The first-order chi connectivity index (χ1) is 11.6. The summed E-state index contributed by atoms with van der Waals surface area (Å²) in [6.45, 7) is 0. The summed E-state index contributed by atoms with van der Waals surface area (Å²) in [6.07, 6.45) is 4.78. The van der Waals surface area contributed by atoms with E-state index in [4.69, 9.17) is 0 Å². The third kappa shape index (κ3) is 2.46. The maximum atomic E-state index is 13.1. The molecule has 124 valence electrons. The van der Waals surface area contributed by atoms with Gasteiger partial charge in [-0.05, 0) is 48.1 Å². The van der Waals surface area contributed by atoms with Gasteiger partial charge < -0.3 is 10.0 Å². The standard InChI is InChI=1S/C20H21NO3/c22-19(16-10-9-13-5-1-2-6-14(13)11-16)21-17-8-4-3-7-15(17)12-18(21)20(23)24/h1-2,5-6,9-11,15,17-18H,3-4,7-8,12H2,(H,23,24)/t15-,17-,18-/m0/s1. The maximum absolute atomic E-state index is 13.1. The molecule has 0 aromatic heterocycles. The second-order valence-corrected chi connectivity index (χ2v) is 6.98. The van der Waals surface area contributed by atoms with Crippen LogP contribution in [0.25, 0.3) is 10.8 Å². The van der Waals surface area contributed by atoms with Crippen LogP contribution in [0.2, 0.25) is 0 Å². The van der Waals surface area contributed by atoms with Crippen LogP contribution in [0.3, 0.4) is 0 Å². The molecule has 4 heteroatoms. The van der Waals surface area contributed by atoms with Crippen LogP contribution in [0.1, 0.15) is 42.5 Å². The van der Waals surface area contributed by atoms with Gasteiger partial charge in [0.15, 0.2) is 0 Å². The lowest BCUT2D eigenvalue weighted by Gasteiger charge is -2.33. The van der Waals surface area contributed by atoms with Crippen molar-refractivity contribution >= 4 is 22.6 Å². The average molecular weight is 323 g/mol. The van der Waals surface area contributed by atoms with Gasteiger partial charge in [0.05, 0.1) is 0 Å². The van der Waals surface area contributed by atoms with Crippen LogP contribution in [-0.4, -0.2) is 34.0 Å². The van der Waals surface area contributed by atoms with E-state index in [1.54, 1.807) is 4.90 Å². The average Bonchev–Trinajstić information content (AvgIpc) is 3.00. The van der Waals surface area contributed by atoms with Gasteiger partial charge in [-0.15, -0.1) is 0 Å². The topological polar surface area (TPSA) is 57.6 Å². The van der Waals surface area contributed by atoms with Crippen molar-refractivity contribution in [2.24, 2.45) is 5.92 Å². The highest BCUT2D eigenvalue weighted by molar-refractivity contribution is 6.00. The van der Waals surface area contributed by atoms with Gasteiger partial charge in [-0.25, -0.2) is 4.79 Å². The second-order valence-electron chi connectivity index (χ2n) is 6.98. The van der Waals surface area contributed by atoms with E-state index in [0.717, 1.165) is 36.5 Å². The predicted octanol–water partition coefficient (Wildman–Crippen LogP) is 3.70. The van der Waals surface area contributed by atoms with Crippen molar-refractivity contribution < 1.29 is 14.7 Å². The summed E-state index contributed by atoms with van der Waals surface area (Å²) >= 11 is 0. The van der Waals surface area contributed by atoms with Crippen LogP contribution in [0.4, 0.5) is 0 Å². The molecule has 1 N–H and O–H groups in total. The van der Waals surface area contributed by atoms with E-state index in [1.165, 1.54) is 0 Å². The molecule has 1 aliphatic heterocycles. The fourth-order valence-electron chi connectivity index (χ4n) is 4.44. The summed E-state index contributed by atoms with van der Waals surface area (Å²) in [7, 11) is 0. The Morgan fingerprint density at radius 1 is 1.00 bits per heavy atom. The monoisotopic (exact) mass is 323 g/mol. The highest BCUT2D eigenvalue weighted by Crippen LogP contribution is 2.40. The summed E-state index contributed by atoms with van der Waals surface area (Å²) in [4.78, 5) is 26.5. The van der Waals surface area contributed by atoms with Gasteiger partial charge in [-0.1, -0.05) is 43.2 Å². The van der Waals surface area contributed by atoms with Crippen LogP contribution in [0, 0.1) is 5.92 Å². The Morgan fingerprint density at radius 2 is 1.75 bits per heavy atom. The lowest BCUT2D eigenvalue weighted by atomic mass is 9.84. The highest BCUT2D eigenvalue weighted by Gasteiger charge is 2.47. The molecule has 0 unspecified atom stereocenters. The molecule has 1 aliphatic carbocycles. The van der Waals surface area contributed by atoms with Gasteiger partial charge in [-0.2, -0.15) is 0 Å². The zero-order valence-corrected chi connectivity index (χ0v) is 13.5. The number of carboxylic acid groups (broad SMARTS) is 1. The molecule has 2 aliphatic rings. The van der Waals surface area contributed by atoms with Gasteiger partial charge in [0.1, 0.15) is 6.04 Å². The molecule has 24 heavy (non-hydrogen) atoms. The number of rotatable bonds is 2. The van der Waals surface area contributed by atoms with Crippen LogP contribution in [-0.2, 0) is 4.79 Å². The Hall–Kier alpha value is -2.36. The van der Waals surface area contributed by atoms with Crippen LogP contribution < -0.4 is 0 Å². The van der Waals surface area contributed by atoms with Gasteiger partial charge in [-0.3, -0.25) is 4.79 Å². The summed E-state index contributed by atoms with van der Waals surface area (Å²) < 4.78 is 0. The summed E-state index contributed by atoms with van der Waals surface area (Å²) in [6, 6.07) is 12.9. The third-order valence-electron chi connectivity index (χ3n) is 5.60. The lowest BCUT2D eigenvalue weighted by Crippen LogP contribution is -2.46. The molecule has 3 atom stereocenters. The van der Waals surface area contributed by atoms with Crippen molar-refractivity contribution in [2.75, 3.05) is 0 Å². The molecule has 2 aromatic rings. The Balaban J connectivity index is 1.70. The number of hydrogen-bond donors (Lipinski definition) is 1. The van der Waals surface area contributed by atoms with E-state index in [-0.39, 0.29) is 11.9 Å². The van der Waals surface area contributed by atoms with Crippen molar-refractivity contribution in [3.8, 4) is 0 Å². The fraction of sp³-hybridized carbons (Fsp3) is 0.400. The fourth-order valence-corrected chi connectivity index (χ4v) is 4.44. The number of carbonyl (C=O) groups excluding carboxylic acids is 1. The molecule has 1 saturated carbocycles. The molecule has 4 rings (SSSR count). The van der Waals surface area contributed by atoms with E-state index in [0.29, 0.717) is 17.9 Å². The van der Waals surface area contributed by atoms with Gasteiger partial charge in [0.25, 0.3) is 5.91 Å². The number of aliphatic carboxylic acids is 1. The molecule has 0 spiro atoms. The number of benzene rings is 2. The molecule has 2 aromatic carbocycles. The predicted molar refractivity (Wildman–Crippen MR) is 91.9 cm³/mol. The summed E-state index contributed by atoms with van der Waals surface area (Å²) in [5.41, 5.74) is 0.589. The Morgan fingerprint density at radius 3 is 2.54 bits per heavy atom. The molecule has 0 radical (unpaired) electrons. The van der Waals surface area contributed by atoms with E-state index in [2.05, 4.69) is 0 Å². The normalized spacial score (nSPS) is 26.3. The van der Waals surface area contributed by atoms with Crippen LogP contribution in [0.5, 0.6) is 0 Å². The minimum Gasteiger partial charge on any atom is -0.480 e. The molecular formula is C20H21NO3. The molecule has 1 amide bonds. The van der Waals surface area contributed by atoms with Crippen molar-refractivity contribution in [1.29, 1.82) is 0 Å². The third-order valence-corrected chi connectivity index (χ3v) is 5.60. The molecule has 4 nitrogen and oxygen atoms in total. The maximum Gasteiger partial charge on any atom is 0.326 e. The molecule has 1 heterocycles. The number of nitrogens with zero attached hydrogens (tertiary/aromatic N) is 1. The quantitative estimate of drug-likeness (QED) is 0.917. The number of carboxylic acids is 1. The Labute approximate surface area is 141 Å². The zero-order chi connectivity index (χ0) is 16.7. The number of hydrogen-bond acceptors (Lipinski definition) is 2. The number of carbonyl (C=O) groups is 2. The molecule has 1 saturated heterocycles. The minimum atomic E-state index is -0.876. The first kappa shape index (κ1) is 15.2. The number of likely N-dealkylation sites (tertiary alicyclic amines) is 1. The number of amides is 1. The van der Waals surface area contributed by atoms with E-state index in [1.807, 2.05) is 42.5 Å². The van der Waals surface area contributed by atoms with Crippen molar-refractivity contribution in [2.45, 2.75) is 44.2 Å².